The number of hydrogen-bond acceptors (Lipinski definition) is 5. The lowest BCUT2D eigenvalue weighted by molar-refractivity contribution is 0.0980. The maximum Gasteiger partial charge on any atom is 0.277 e. The summed E-state index contributed by atoms with van der Waals surface area (Å²) in [6, 6.07) is 19.5. The SMILES string of the molecule is COCCNc1cc(C(=O)N2CCCc3ccccc32)nc(-c2ccccc2)n1. The number of nitrogens with zero attached hydrogens (tertiary/aromatic N) is 3. The van der Waals surface area contributed by atoms with Crippen molar-refractivity contribution in [3.63, 3.8) is 0 Å². The number of ether oxygens (including phenoxy) is 1. The van der Waals surface area contributed by atoms with Gasteiger partial charge in [0.2, 0.25) is 0 Å². The van der Waals surface area contributed by atoms with E-state index in [9.17, 15) is 4.79 Å². The zero-order valence-corrected chi connectivity index (χ0v) is 16.5. The molecule has 29 heavy (non-hydrogen) atoms. The van der Waals surface area contributed by atoms with Gasteiger partial charge in [-0.15, -0.1) is 0 Å². The number of anilines is 2. The Morgan fingerprint density at radius 1 is 1.10 bits per heavy atom. The standard InChI is InChI=1S/C23H24N4O2/c1-29-15-13-24-21-16-19(25-22(26-21)18-9-3-2-4-10-18)23(28)27-14-7-11-17-8-5-6-12-20(17)27/h2-6,8-10,12,16H,7,11,13-15H2,1H3,(H,24,25,26). The highest BCUT2D eigenvalue weighted by Gasteiger charge is 2.25. The van der Waals surface area contributed by atoms with E-state index in [2.05, 4.69) is 21.4 Å². The number of fused-ring (bicyclic) bond motifs is 1. The van der Waals surface area contributed by atoms with E-state index in [0.29, 0.717) is 37.0 Å². The predicted octanol–water partition coefficient (Wildman–Crippen LogP) is 3.79. The van der Waals surface area contributed by atoms with Crippen molar-refractivity contribution < 1.29 is 9.53 Å². The molecule has 6 nitrogen and oxygen atoms in total. The lowest BCUT2D eigenvalue weighted by Gasteiger charge is -2.29. The quantitative estimate of drug-likeness (QED) is 0.651. The Labute approximate surface area is 170 Å². The molecule has 148 valence electrons. The second-order valence-electron chi connectivity index (χ2n) is 6.94. The maximum atomic E-state index is 13.4. The predicted molar refractivity (Wildman–Crippen MR) is 114 cm³/mol. The lowest BCUT2D eigenvalue weighted by Crippen LogP contribution is -2.36. The van der Waals surface area contributed by atoms with Gasteiger partial charge in [-0.05, 0) is 24.5 Å². The number of amides is 1. The van der Waals surface area contributed by atoms with E-state index >= 15 is 0 Å². The summed E-state index contributed by atoms with van der Waals surface area (Å²) in [7, 11) is 1.65. The molecule has 3 aromatic rings. The van der Waals surface area contributed by atoms with Crippen molar-refractivity contribution in [1.82, 2.24) is 9.97 Å². The van der Waals surface area contributed by atoms with Gasteiger partial charge >= 0.3 is 0 Å². The minimum absolute atomic E-state index is 0.105. The van der Waals surface area contributed by atoms with Crippen LogP contribution in [-0.2, 0) is 11.2 Å². The van der Waals surface area contributed by atoms with Gasteiger partial charge in [-0.2, -0.15) is 0 Å². The molecule has 0 unspecified atom stereocenters. The number of para-hydroxylation sites is 1. The summed E-state index contributed by atoms with van der Waals surface area (Å²) < 4.78 is 5.11. The smallest absolute Gasteiger partial charge is 0.277 e. The molecule has 6 heteroatoms. The van der Waals surface area contributed by atoms with Crippen LogP contribution in [0.15, 0.2) is 60.7 Å². The van der Waals surface area contributed by atoms with E-state index in [1.165, 1.54) is 5.56 Å². The van der Waals surface area contributed by atoms with Crippen molar-refractivity contribution in [1.29, 1.82) is 0 Å². The van der Waals surface area contributed by atoms with Crippen molar-refractivity contribution in [3.8, 4) is 11.4 Å². The molecule has 0 fully saturated rings. The van der Waals surface area contributed by atoms with Crippen LogP contribution >= 0.6 is 0 Å². The zero-order chi connectivity index (χ0) is 20.1. The number of rotatable bonds is 6. The first kappa shape index (κ1) is 19.1. The summed E-state index contributed by atoms with van der Waals surface area (Å²) in [6.45, 7) is 1.84. The molecule has 0 aliphatic carbocycles. The molecule has 0 saturated carbocycles. The topological polar surface area (TPSA) is 67.3 Å². The average Bonchev–Trinajstić information content (AvgIpc) is 2.79. The molecule has 1 aliphatic heterocycles. The van der Waals surface area contributed by atoms with Crippen LogP contribution in [0.25, 0.3) is 11.4 Å². The van der Waals surface area contributed by atoms with Gasteiger partial charge in [0.25, 0.3) is 5.91 Å². The minimum atomic E-state index is -0.105. The summed E-state index contributed by atoms with van der Waals surface area (Å²) in [4.78, 5) is 24.4. The lowest BCUT2D eigenvalue weighted by atomic mass is 10.0. The van der Waals surface area contributed by atoms with E-state index in [1.54, 1.807) is 13.2 Å². The van der Waals surface area contributed by atoms with Crippen molar-refractivity contribution in [3.05, 3.63) is 71.9 Å². The average molecular weight is 388 g/mol. The third-order valence-corrected chi connectivity index (χ3v) is 4.94. The van der Waals surface area contributed by atoms with Crippen molar-refractivity contribution >= 4 is 17.4 Å². The molecule has 2 heterocycles. The van der Waals surface area contributed by atoms with Gasteiger partial charge in [0, 0.05) is 37.5 Å². The van der Waals surface area contributed by atoms with Gasteiger partial charge in [0.1, 0.15) is 11.5 Å². The second-order valence-corrected chi connectivity index (χ2v) is 6.94. The van der Waals surface area contributed by atoms with E-state index < -0.39 is 0 Å². The molecule has 2 aromatic carbocycles. The van der Waals surface area contributed by atoms with Crippen LogP contribution in [0.1, 0.15) is 22.5 Å². The second kappa shape index (κ2) is 8.84. The van der Waals surface area contributed by atoms with Gasteiger partial charge in [0.15, 0.2) is 5.82 Å². The van der Waals surface area contributed by atoms with Crippen molar-refractivity contribution in [2.45, 2.75) is 12.8 Å². The van der Waals surface area contributed by atoms with Gasteiger partial charge in [-0.3, -0.25) is 4.79 Å². The van der Waals surface area contributed by atoms with Gasteiger partial charge in [-0.25, -0.2) is 9.97 Å². The highest BCUT2D eigenvalue weighted by Crippen LogP contribution is 2.28. The highest BCUT2D eigenvalue weighted by atomic mass is 16.5. The van der Waals surface area contributed by atoms with E-state index in [1.807, 2.05) is 53.4 Å². The summed E-state index contributed by atoms with van der Waals surface area (Å²) in [5.41, 5.74) is 3.42. The first-order valence-electron chi connectivity index (χ1n) is 9.83. The van der Waals surface area contributed by atoms with Gasteiger partial charge in [0.05, 0.1) is 6.61 Å². The molecule has 1 N–H and O–H groups in total. The first-order chi connectivity index (χ1) is 14.3. The fourth-order valence-corrected chi connectivity index (χ4v) is 3.53. The molecular formula is C23H24N4O2. The third kappa shape index (κ3) is 4.27. The number of aromatic nitrogens is 2. The fraction of sp³-hybridized carbons (Fsp3) is 0.261. The molecule has 1 aliphatic rings. The number of carbonyl (C=O) groups excluding carboxylic acids is 1. The van der Waals surface area contributed by atoms with Gasteiger partial charge < -0.3 is 15.0 Å². The first-order valence-corrected chi connectivity index (χ1v) is 9.83. The number of hydrogen-bond donors (Lipinski definition) is 1. The number of carbonyl (C=O) groups is 1. The number of nitrogens with one attached hydrogen (secondary N) is 1. The van der Waals surface area contributed by atoms with E-state index in [0.717, 1.165) is 24.1 Å². The van der Waals surface area contributed by atoms with Crippen molar-refractivity contribution in [2.24, 2.45) is 0 Å². The summed E-state index contributed by atoms with van der Waals surface area (Å²) in [6.07, 6.45) is 1.93. The molecule has 0 spiro atoms. The Morgan fingerprint density at radius 2 is 1.90 bits per heavy atom. The summed E-state index contributed by atoms with van der Waals surface area (Å²) in [5.74, 6) is 1.04. The van der Waals surface area contributed by atoms with Crippen LogP contribution in [0.5, 0.6) is 0 Å². The molecule has 1 aromatic heterocycles. The largest absolute Gasteiger partial charge is 0.383 e. The molecule has 0 bridgehead atoms. The Hall–Kier alpha value is -3.25. The number of methoxy groups -OCH3 is 1. The molecule has 1 amide bonds. The van der Waals surface area contributed by atoms with Crippen LogP contribution in [0.3, 0.4) is 0 Å². The molecule has 0 radical (unpaired) electrons. The Kier molecular flexibility index (Phi) is 5.81. The zero-order valence-electron chi connectivity index (χ0n) is 16.5. The van der Waals surface area contributed by atoms with Crippen LogP contribution in [0.4, 0.5) is 11.5 Å². The van der Waals surface area contributed by atoms with Crippen LogP contribution in [-0.4, -0.2) is 42.7 Å². The van der Waals surface area contributed by atoms with Crippen molar-refractivity contribution in [2.75, 3.05) is 37.0 Å². The van der Waals surface area contributed by atoms with E-state index in [-0.39, 0.29) is 5.91 Å². The highest BCUT2D eigenvalue weighted by molar-refractivity contribution is 6.06. The monoisotopic (exact) mass is 388 g/mol. The van der Waals surface area contributed by atoms with Crippen LogP contribution < -0.4 is 10.2 Å². The Balaban J connectivity index is 1.70. The summed E-state index contributed by atoms with van der Waals surface area (Å²) in [5, 5.41) is 3.23. The fourth-order valence-electron chi connectivity index (χ4n) is 3.53. The maximum absolute atomic E-state index is 13.4. The summed E-state index contributed by atoms with van der Waals surface area (Å²) >= 11 is 0. The minimum Gasteiger partial charge on any atom is -0.383 e. The normalized spacial score (nSPS) is 13.1. The Bertz CT molecular complexity index is 991. The Morgan fingerprint density at radius 3 is 2.72 bits per heavy atom. The number of aryl methyl sites for hydroxylation is 1. The van der Waals surface area contributed by atoms with Crippen LogP contribution in [0, 0.1) is 0 Å². The molecule has 0 saturated heterocycles. The molecule has 4 rings (SSSR count). The third-order valence-electron chi connectivity index (χ3n) is 4.94. The number of benzene rings is 2. The van der Waals surface area contributed by atoms with E-state index in [4.69, 9.17) is 4.74 Å². The van der Waals surface area contributed by atoms with Gasteiger partial charge in [-0.1, -0.05) is 48.5 Å². The van der Waals surface area contributed by atoms with Crippen LogP contribution in [0.2, 0.25) is 0 Å². The molecular weight excluding hydrogens is 364 g/mol. The molecule has 0 atom stereocenters.